The Balaban J connectivity index is 2.45. The number of nitrogens with two attached hydrogens (primary N) is 1. The molecule has 0 aromatic heterocycles. The van der Waals surface area contributed by atoms with Crippen molar-refractivity contribution in [3.05, 3.63) is 71.8 Å². The molecule has 0 saturated carbocycles. The Bertz CT molecular complexity index is 509. The highest BCUT2D eigenvalue weighted by Crippen LogP contribution is 2.35. The Hall–Kier alpha value is -1.68. The lowest BCUT2D eigenvalue weighted by atomic mass is 9.81. The average molecular weight is 257 g/mol. The Morgan fingerprint density at radius 2 is 1.42 bits per heavy atom. The lowest BCUT2D eigenvalue weighted by Gasteiger charge is -2.35. The predicted octanol–water partition coefficient (Wildman–Crippen LogP) is 1.95. The van der Waals surface area contributed by atoms with Crippen LogP contribution in [0.5, 0.6) is 0 Å². The second-order valence-corrected chi connectivity index (χ2v) is 4.82. The molecule has 0 bridgehead atoms. The summed E-state index contributed by atoms with van der Waals surface area (Å²) in [4.78, 5) is 0. The predicted molar refractivity (Wildman–Crippen MR) is 75.4 cm³/mol. The Kier molecular flexibility index (Phi) is 4.00. The van der Waals surface area contributed by atoms with E-state index in [1.165, 1.54) is 0 Å². The van der Waals surface area contributed by atoms with Crippen molar-refractivity contribution in [2.75, 3.05) is 0 Å². The van der Waals surface area contributed by atoms with E-state index in [9.17, 15) is 10.2 Å². The highest BCUT2D eigenvalue weighted by atomic mass is 16.3. The summed E-state index contributed by atoms with van der Waals surface area (Å²) >= 11 is 0. The zero-order valence-corrected chi connectivity index (χ0v) is 10.9. The molecular weight excluding hydrogens is 238 g/mol. The third-order valence-corrected chi connectivity index (χ3v) is 3.35. The van der Waals surface area contributed by atoms with E-state index in [1.54, 1.807) is 19.1 Å². The lowest BCUT2D eigenvalue weighted by molar-refractivity contribution is -0.0309. The van der Waals surface area contributed by atoms with Crippen LogP contribution in [0, 0.1) is 0 Å². The van der Waals surface area contributed by atoms with E-state index >= 15 is 0 Å². The van der Waals surface area contributed by atoms with Gasteiger partial charge in [0.15, 0.2) is 0 Å². The Labute approximate surface area is 113 Å². The molecule has 0 saturated heterocycles. The molecular formula is C16H19NO2. The first-order chi connectivity index (χ1) is 9.03. The van der Waals surface area contributed by atoms with Gasteiger partial charge in [-0.05, 0) is 18.1 Å². The van der Waals surface area contributed by atoms with Gasteiger partial charge in [0, 0.05) is 0 Å². The van der Waals surface area contributed by atoms with Crippen LogP contribution in [0.3, 0.4) is 0 Å². The van der Waals surface area contributed by atoms with Gasteiger partial charge in [-0.15, -0.1) is 0 Å². The summed E-state index contributed by atoms with van der Waals surface area (Å²) in [5.74, 6) is -0.587. The summed E-state index contributed by atoms with van der Waals surface area (Å²) in [6.45, 7) is 1.64. The summed E-state index contributed by atoms with van der Waals surface area (Å²) in [6, 6.07) is 18.4. The van der Waals surface area contributed by atoms with E-state index in [4.69, 9.17) is 5.73 Å². The Morgan fingerprint density at radius 3 is 1.89 bits per heavy atom. The van der Waals surface area contributed by atoms with Crippen LogP contribution in [0.15, 0.2) is 60.7 Å². The normalized spacial score (nSPS) is 17.5. The summed E-state index contributed by atoms with van der Waals surface area (Å²) in [7, 11) is 0. The standard InChI is InChI=1S/C16H19NO2/c1-12(18)15(13-8-4-2-5-9-13)16(17,19)14-10-6-3-7-11-14/h2-12,15,18-19H,17H2,1H3/t12?,15-,16?/m1/s1. The van der Waals surface area contributed by atoms with Crippen molar-refractivity contribution in [3.8, 4) is 0 Å². The fraction of sp³-hybridized carbons (Fsp3) is 0.250. The van der Waals surface area contributed by atoms with Crippen LogP contribution >= 0.6 is 0 Å². The first-order valence-corrected chi connectivity index (χ1v) is 6.33. The van der Waals surface area contributed by atoms with Gasteiger partial charge < -0.3 is 10.2 Å². The van der Waals surface area contributed by atoms with Crippen LogP contribution in [-0.4, -0.2) is 16.3 Å². The fourth-order valence-electron chi connectivity index (χ4n) is 2.45. The first-order valence-electron chi connectivity index (χ1n) is 6.33. The van der Waals surface area contributed by atoms with Gasteiger partial charge in [-0.25, -0.2) is 0 Å². The average Bonchev–Trinajstić information content (AvgIpc) is 2.40. The van der Waals surface area contributed by atoms with Crippen LogP contribution in [0.25, 0.3) is 0 Å². The van der Waals surface area contributed by atoms with E-state index in [2.05, 4.69) is 0 Å². The quantitative estimate of drug-likeness (QED) is 0.733. The van der Waals surface area contributed by atoms with Gasteiger partial charge in [0.1, 0.15) is 5.72 Å². The van der Waals surface area contributed by atoms with E-state index < -0.39 is 17.7 Å². The highest BCUT2D eigenvalue weighted by molar-refractivity contribution is 5.31. The van der Waals surface area contributed by atoms with Gasteiger partial charge in [0.05, 0.1) is 12.0 Å². The smallest absolute Gasteiger partial charge is 0.149 e. The first kappa shape index (κ1) is 13.7. The summed E-state index contributed by atoms with van der Waals surface area (Å²) in [5, 5.41) is 20.7. The van der Waals surface area contributed by atoms with Crippen molar-refractivity contribution in [1.29, 1.82) is 0 Å². The van der Waals surface area contributed by atoms with Crippen LogP contribution < -0.4 is 5.73 Å². The van der Waals surface area contributed by atoms with Crippen LogP contribution in [0.1, 0.15) is 24.0 Å². The van der Waals surface area contributed by atoms with Gasteiger partial charge >= 0.3 is 0 Å². The monoisotopic (exact) mass is 257 g/mol. The summed E-state index contributed by atoms with van der Waals surface area (Å²) in [6.07, 6.45) is -0.766. The molecule has 3 heteroatoms. The van der Waals surface area contributed by atoms with Gasteiger partial charge in [0.25, 0.3) is 0 Å². The molecule has 0 aliphatic heterocycles. The minimum Gasteiger partial charge on any atom is -0.393 e. The van der Waals surface area contributed by atoms with E-state index in [0.717, 1.165) is 5.56 Å². The van der Waals surface area contributed by atoms with Crippen LogP contribution in [-0.2, 0) is 5.72 Å². The number of benzene rings is 2. The van der Waals surface area contributed by atoms with Crippen molar-refractivity contribution >= 4 is 0 Å². The number of aliphatic hydroxyl groups excluding tert-OH is 1. The van der Waals surface area contributed by atoms with Crippen molar-refractivity contribution in [1.82, 2.24) is 0 Å². The number of hydrogen-bond donors (Lipinski definition) is 3. The van der Waals surface area contributed by atoms with Crippen molar-refractivity contribution in [3.63, 3.8) is 0 Å². The second-order valence-electron chi connectivity index (χ2n) is 4.82. The van der Waals surface area contributed by atoms with Gasteiger partial charge in [0.2, 0.25) is 0 Å². The van der Waals surface area contributed by atoms with E-state index in [1.807, 2.05) is 48.5 Å². The fourth-order valence-corrected chi connectivity index (χ4v) is 2.45. The second kappa shape index (κ2) is 5.53. The maximum Gasteiger partial charge on any atom is 0.149 e. The number of aliphatic hydroxyl groups is 2. The van der Waals surface area contributed by atoms with Crippen molar-refractivity contribution < 1.29 is 10.2 Å². The number of rotatable bonds is 4. The molecule has 100 valence electrons. The van der Waals surface area contributed by atoms with Gasteiger partial charge in [-0.2, -0.15) is 0 Å². The van der Waals surface area contributed by atoms with E-state index in [-0.39, 0.29) is 0 Å². The van der Waals surface area contributed by atoms with Crippen LogP contribution in [0.4, 0.5) is 0 Å². The molecule has 0 fully saturated rings. The zero-order valence-electron chi connectivity index (χ0n) is 10.9. The molecule has 0 amide bonds. The zero-order chi connectivity index (χ0) is 13.9. The molecule has 0 aliphatic carbocycles. The molecule has 19 heavy (non-hydrogen) atoms. The largest absolute Gasteiger partial charge is 0.393 e. The molecule has 3 atom stereocenters. The molecule has 0 spiro atoms. The molecule has 0 aliphatic rings. The molecule has 2 aromatic carbocycles. The van der Waals surface area contributed by atoms with Crippen molar-refractivity contribution in [2.45, 2.75) is 24.7 Å². The number of hydrogen-bond acceptors (Lipinski definition) is 3. The van der Waals surface area contributed by atoms with Crippen LogP contribution in [0.2, 0.25) is 0 Å². The molecule has 3 nitrogen and oxygen atoms in total. The maximum atomic E-state index is 10.7. The SMILES string of the molecule is CC(O)[C@H](c1ccccc1)C(N)(O)c1ccccc1. The summed E-state index contributed by atoms with van der Waals surface area (Å²) < 4.78 is 0. The third-order valence-electron chi connectivity index (χ3n) is 3.35. The molecule has 0 radical (unpaired) electrons. The molecule has 0 heterocycles. The lowest BCUT2D eigenvalue weighted by Crippen LogP contribution is -2.46. The van der Waals surface area contributed by atoms with E-state index in [0.29, 0.717) is 5.56 Å². The minimum absolute atomic E-state index is 0.587. The Morgan fingerprint density at radius 1 is 0.947 bits per heavy atom. The molecule has 2 unspecified atom stereocenters. The topological polar surface area (TPSA) is 66.5 Å². The third kappa shape index (κ3) is 2.84. The van der Waals surface area contributed by atoms with Crippen molar-refractivity contribution in [2.24, 2.45) is 5.73 Å². The molecule has 4 N–H and O–H groups in total. The molecule has 2 rings (SSSR count). The highest BCUT2D eigenvalue weighted by Gasteiger charge is 2.38. The van der Waals surface area contributed by atoms with Gasteiger partial charge in [-0.3, -0.25) is 5.73 Å². The van der Waals surface area contributed by atoms with Gasteiger partial charge in [-0.1, -0.05) is 60.7 Å². The molecule has 2 aromatic rings. The summed E-state index contributed by atoms with van der Waals surface area (Å²) in [5.41, 5.74) is 5.90. The minimum atomic E-state index is -1.61. The maximum absolute atomic E-state index is 10.7.